The first kappa shape index (κ1) is 28.2. The van der Waals surface area contributed by atoms with E-state index in [9.17, 15) is 29.7 Å². The molecule has 3 amide bonds. The zero-order chi connectivity index (χ0) is 75.6. The highest BCUT2D eigenvalue weighted by Crippen LogP contribution is 2.30. The van der Waals surface area contributed by atoms with E-state index in [1.165, 1.54) is 0 Å². The second kappa shape index (κ2) is 23.8. The number of aliphatic hydroxyl groups is 3. The van der Waals surface area contributed by atoms with Crippen molar-refractivity contribution >= 4 is 53.0 Å². The summed E-state index contributed by atoms with van der Waals surface area (Å²) in [5.41, 5.74) is 12.9. The lowest BCUT2D eigenvalue weighted by molar-refractivity contribution is 0.0737. The van der Waals surface area contributed by atoms with Crippen LogP contribution >= 0.6 is 0 Å². The predicted octanol–water partition coefficient (Wildman–Crippen LogP) is 5.24. The van der Waals surface area contributed by atoms with Gasteiger partial charge >= 0.3 is 0 Å². The molecule has 9 unspecified atom stereocenters. The second-order valence-electron chi connectivity index (χ2n) is 18.2. The lowest BCUT2D eigenvalue weighted by Gasteiger charge is -2.32. The number of rotatable bonds is 12. The molecule has 9 atom stereocenters. The van der Waals surface area contributed by atoms with Gasteiger partial charge in [0.1, 0.15) is 17.5 Å². The van der Waals surface area contributed by atoms with Crippen molar-refractivity contribution in [3.63, 3.8) is 0 Å². The Balaban J connectivity index is 0.000000306. The molecule has 21 nitrogen and oxygen atoms in total. The molecule has 0 aromatic carbocycles. The number of nitrogens with zero attached hydrogens (tertiary/aromatic N) is 6. The number of nitrogens with one attached hydrogen (secondary N) is 6. The highest BCUT2D eigenvalue weighted by molar-refractivity contribution is 5.98. The van der Waals surface area contributed by atoms with Gasteiger partial charge in [0.15, 0.2) is 0 Å². The summed E-state index contributed by atoms with van der Waals surface area (Å²) >= 11 is 0. The van der Waals surface area contributed by atoms with E-state index in [2.05, 4.69) is 61.8 Å². The smallest absolute Gasteiger partial charge is 0.254 e. The van der Waals surface area contributed by atoms with Crippen LogP contribution in [0.1, 0.15) is 208 Å². The Labute approximate surface area is 445 Å². The Bertz CT molecular complexity index is 3340. The van der Waals surface area contributed by atoms with Crippen LogP contribution in [0, 0.1) is 17.8 Å². The molecule has 0 spiro atoms. The van der Waals surface area contributed by atoms with Gasteiger partial charge in [-0.2, -0.15) is 15.0 Å². The molecule has 3 aliphatic rings. The SMILES string of the molecule is [2H]C([2H])C1C([2H])([2H])C([2H])([2H])C([2H])(Nc2nc(NC(C)(C)C)ncc2C(N)=O)C([2H])([2H])C1([2H])O.[2H]C1([2H])C(C)C([2H])(O)C([2H])([2H])C([2H])(Nc2nc(NC(C)(C)C)ncc2C(N)=O)C1([2H])[2H].[2H]CC1C([2H])([2H])C([2H])([2H])C([2H])(Nc2nc(NC(C)(C)C)ncc2C(N)=O)C([2H])([2H])C1([2H])O. The van der Waals surface area contributed by atoms with Crippen LogP contribution in [-0.2, 0) is 0 Å². The van der Waals surface area contributed by atoms with Gasteiger partial charge in [-0.3, -0.25) is 14.4 Å². The number of amides is 3. The van der Waals surface area contributed by atoms with Gasteiger partial charge in [0.05, 0.1) is 43.2 Å². The molecule has 0 aliphatic heterocycles. The van der Waals surface area contributed by atoms with Crippen molar-refractivity contribution in [2.24, 2.45) is 35.0 Å². The normalized spacial score (nSPS) is 43.7. The Morgan fingerprint density at radius 1 is 0.551 bits per heavy atom. The lowest BCUT2D eigenvalue weighted by atomic mass is 9.85. The van der Waals surface area contributed by atoms with Crippen LogP contribution in [0.5, 0.6) is 0 Å². The molecule has 3 aromatic heterocycles. The molecule has 384 valence electrons. The summed E-state index contributed by atoms with van der Waals surface area (Å²) in [7, 11) is 0. The zero-order valence-corrected chi connectivity index (χ0v) is 39.7. The summed E-state index contributed by atoms with van der Waals surface area (Å²) in [6, 6.07) is -10.2. The van der Waals surface area contributed by atoms with Gasteiger partial charge in [0, 0.05) is 82.0 Å². The summed E-state index contributed by atoms with van der Waals surface area (Å²) in [5.74, 6) is -11.8. The summed E-state index contributed by atoms with van der Waals surface area (Å²) in [6.07, 6.45) is -37.7. The molecule has 21 heteroatoms. The van der Waals surface area contributed by atoms with E-state index in [0.29, 0.717) is 0 Å². The zero-order valence-electron chi connectivity index (χ0n) is 66.7. The van der Waals surface area contributed by atoms with Gasteiger partial charge in [-0.05, 0) is 137 Å². The topological polar surface area (TPSA) is 339 Å². The maximum atomic E-state index is 11.9. The Morgan fingerprint density at radius 3 is 1.13 bits per heavy atom. The molecule has 3 aromatic rings. The van der Waals surface area contributed by atoms with Crippen molar-refractivity contribution < 1.29 is 66.7 Å². The van der Waals surface area contributed by atoms with Crippen molar-refractivity contribution in [3.8, 4) is 0 Å². The standard InChI is InChI=1S/3C16H27N5O2/c3*1-9-5-6-10(7-12(9)22)19-14-11(13(17)23)8-18-15(20-14)21-16(2,3)4/h3*8-10,12,22H,5-7H2,1-4H3,(H2,17,23)(H2,18,19,20,21)/i1D2,5D2,6D2,7D2,10D,12D;1D,5D2,6D2,7D2,10D,12D;5D2,6D2,7D2,10D,12D. The number of anilines is 6. The van der Waals surface area contributed by atoms with Crippen molar-refractivity contribution in [1.29, 1.82) is 0 Å². The minimum absolute atomic E-state index is 0.0574. The Morgan fingerprint density at radius 2 is 0.841 bits per heavy atom. The summed E-state index contributed by atoms with van der Waals surface area (Å²) < 4.78 is 221. The van der Waals surface area contributed by atoms with Crippen LogP contribution in [0.2, 0.25) is 0 Å². The number of carbonyl (C=O) groups is 3. The van der Waals surface area contributed by atoms with E-state index in [1.54, 1.807) is 62.3 Å². The second-order valence-corrected chi connectivity index (χ2v) is 18.2. The van der Waals surface area contributed by atoms with Crippen LogP contribution in [0.3, 0.4) is 0 Å². The van der Waals surface area contributed by atoms with Gasteiger partial charge in [-0.15, -0.1) is 0 Å². The predicted molar refractivity (Wildman–Crippen MR) is 271 cm³/mol. The fraction of sp³-hybridized carbons (Fsp3) is 0.688. The quantitative estimate of drug-likeness (QED) is 0.110. The van der Waals surface area contributed by atoms with Gasteiger partial charge in [-0.25, -0.2) is 15.0 Å². The van der Waals surface area contributed by atoms with Gasteiger partial charge in [0.25, 0.3) is 17.7 Å². The fourth-order valence-electron chi connectivity index (χ4n) is 5.15. The van der Waals surface area contributed by atoms with Crippen LogP contribution < -0.4 is 49.1 Å². The fourth-order valence-corrected chi connectivity index (χ4v) is 5.15. The molecule has 69 heavy (non-hydrogen) atoms. The molecular formula is C48H81N15O6. The molecule has 6 rings (SSSR count). The van der Waals surface area contributed by atoms with Gasteiger partial charge < -0.3 is 64.4 Å². The number of hydrogen-bond donors (Lipinski definition) is 12. The van der Waals surface area contributed by atoms with Crippen molar-refractivity contribution in [1.82, 2.24) is 29.9 Å². The minimum atomic E-state index is -3.63. The first-order chi connectivity index (χ1) is 42.3. The third-order valence-electron chi connectivity index (χ3n) is 8.29. The van der Waals surface area contributed by atoms with Gasteiger partial charge in [0.2, 0.25) is 17.8 Å². The third-order valence-corrected chi connectivity index (χ3v) is 8.29. The summed E-state index contributed by atoms with van der Waals surface area (Å²) in [5, 5.41) is 46.7. The molecule has 3 saturated carbocycles. The van der Waals surface area contributed by atoms with Gasteiger partial charge in [-0.1, -0.05) is 20.7 Å². The minimum Gasteiger partial charge on any atom is -0.393 e. The van der Waals surface area contributed by atoms with E-state index >= 15 is 0 Å². The van der Waals surface area contributed by atoms with E-state index in [1.807, 2.05) is 0 Å². The largest absolute Gasteiger partial charge is 0.393 e. The molecule has 0 radical (unpaired) electrons. The monoisotopic (exact) mass is 991 g/mol. The van der Waals surface area contributed by atoms with Crippen molar-refractivity contribution in [2.75, 3.05) is 31.9 Å². The number of hydrogen-bond acceptors (Lipinski definition) is 18. The van der Waals surface area contributed by atoms with E-state index in [0.717, 1.165) is 25.5 Å². The molecule has 3 fully saturated rings. The first-order valence-electron chi connectivity index (χ1n) is 34.7. The van der Waals surface area contributed by atoms with E-state index in [4.69, 9.17) is 54.2 Å². The van der Waals surface area contributed by atoms with Crippen LogP contribution in [0.25, 0.3) is 0 Å². The number of nitrogens with two attached hydrogens (primary N) is 3. The van der Waals surface area contributed by atoms with Crippen molar-refractivity contribution in [2.45, 2.75) is 193 Å². The molecule has 15 N–H and O–H groups in total. The average molecular weight is 991 g/mol. The molecule has 3 aliphatic carbocycles. The van der Waals surface area contributed by atoms with E-state index in [-0.39, 0.29) is 17.8 Å². The van der Waals surface area contributed by atoms with Crippen molar-refractivity contribution in [3.05, 3.63) is 35.3 Å². The third kappa shape index (κ3) is 18.3. The summed E-state index contributed by atoms with van der Waals surface area (Å²) in [6.45, 7) is 13.6. The Hall–Kier alpha value is -5.67. The molecular weight excluding hydrogens is 883 g/mol. The van der Waals surface area contributed by atoms with Crippen LogP contribution in [-0.4, -0.2) is 116 Å². The molecule has 0 saturated heterocycles. The number of carbonyl (C=O) groups excluding carboxylic acids is 3. The van der Waals surface area contributed by atoms with Crippen LogP contribution in [0.15, 0.2) is 18.6 Å². The maximum Gasteiger partial charge on any atom is 0.254 e. The van der Waals surface area contributed by atoms with Crippen LogP contribution in [0.4, 0.5) is 35.3 Å². The maximum absolute atomic E-state index is 11.9. The number of primary amides is 3. The molecule has 0 bridgehead atoms. The Kier molecular flexibility index (Phi) is 9.73. The molecule has 3 heterocycles. The lowest BCUT2D eigenvalue weighted by Crippen LogP contribution is -2.36. The summed E-state index contributed by atoms with van der Waals surface area (Å²) in [4.78, 5) is 59.4. The highest BCUT2D eigenvalue weighted by atomic mass is 16.3. The highest BCUT2D eigenvalue weighted by Gasteiger charge is 2.30. The average Bonchev–Trinajstić information content (AvgIpc) is 0.692. The number of aromatic nitrogens is 6. The van der Waals surface area contributed by atoms with E-state index < -0.39 is 194 Å². The first-order valence-corrected chi connectivity index (χ1v) is 20.9.